The molecule has 0 spiro atoms. The Bertz CT molecular complexity index is 1110. The Hall–Kier alpha value is -3.28. The summed E-state index contributed by atoms with van der Waals surface area (Å²) in [6.07, 6.45) is -5.58. The molecule has 12 heteroatoms. The predicted octanol–water partition coefficient (Wildman–Crippen LogP) is 3.94. The molecule has 3 rings (SSSR count). The minimum atomic E-state index is -4.89. The van der Waals surface area contributed by atoms with Crippen LogP contribution >= 0.6 is 0 Å². The molecule has 2 aromatic rings. The van der Waals surface area contributed by atoms with E-state index in [1.165, 1.54) is 19.2 Å². The van der Waals surface area contributed by atoms with Crippen molar-refractivity contribution < 1.29 is 41.0 Å². The normalized spacial score (nSPS) is 24.6. The van der Waals surface area contributed by atoms with Gasteiger partial charge in [-0.2, -0.15) is 17.6 Å². The zero-order valence-electron chi connectivity index (χ0n) is 18.4. The molecule has 2 amide bonds. The second-order valence-electron chi connectivity index (χ2n) is 7.95. The number of hydrogen-bond acceptors (Lipinski definition) is 5. The molecule has 1 aliphatic heterocycles. The van der Waals surface area contributed by atoms with Crippen molar-refractivity contribution in [3.8, 4) is 5.75 Å². The number of methoxy groups -OCH3 is 1. The van der Waals surface area contributed by atoms with Gasteiger partial charge in [-0.05, 0) is 31.5 Å². The average Bonchev–Trinajstić information content (AvgIpc) is 3.09. The number of amides is 2. The predicted molar refractivity (Wildman–Crippen MR) is 110 cm³/mol. The molecule has 2 heterocycles. The first-order chi connectivity index (χ1) is 15.9. The number of carbonyl (C=O) groups excluding carboxylic acids is 2. The number of nitrogens with zero attached hydrogens (tertiary/aromatic N) is 1. The first-order valence-electron chi connectivity index (χ1n) is 10.2. The monoisotopic (exact) mass is 487 g/mol. The third kappa shape index (κ3) is 4.29. The van der Waals surface area contributed by atoms with Crippen molar-refractivity contribution in [1.82, 2.24) is 4.98 Å². The first kappa shape index (κ1) is 25.3. The van der Waals surface area contributed by atoms with E-state index in [-0.39, 0.29) is 23.4 Å². The van der Waals surface area contributed by atoms with Crippen LogP contribution < -0.4 is 15.8 Å². The van der Waals surface area contributed by atoms with Crippen molar-refractivity contribution >= 4 is 17.5 Å². The van der Waals surface area contributed by atoms with Gasteiger partial charge in [-0.1, -0.05) is 13.0 Å². The van der Waals surface area contributed by atoms with Crippen LogP contribution in [0, 0.1) is 17.6 Å². The summed E-state index contributed by atoms with van der Waals surface area (Å²) in [5, 5.41) is 2.39. The number of primary amides is 1. The summed E-state index contributed by atoms with van der Waals surface area (Å²) in [7, 11) is 1.04. The maximum absolute atomic E-state index is 14.5. The molecule has 0 saturated carbocycles. The highest BCUT2D eigenvalue weighted by atomic mass is 19.4. The highest BCUT2D eigenvalue weighted by Gasteiger charge is 2.66. The maximum atomic E-state index is 14.5. The Morgan fingerprint density at radius 1 is 1.26 bits per heavy atom. The zero-order valence-corrected chi connectivity index (χ0v) is 18.4. The Morgan fingerprint density at radius 2 is 1.94 bits per heavy atom. The zero-order chi connectivity index (χ0) is 25.4. The fraction of sp³-hybridized carbons (Fsp3) is 0.409. The Balaban J connectivity index is 2.11. The van der Waals surface area contributed by atoms with Crippen LogP contribution in [0.3, 0.4) is 0 Å². The maximum Gasteiger partial charge on any atom is 0.417 e. The van der Waals surface area contributed by atoms with E-state index in [1.807, 2.05) is 0 Å². The summed E-state index contributed by atoms with van der Waals surface area (Å²) in [4.78, 5) is 28.2. The summed E-state index contributed by atoms with van der Waals surface area (Å²) >= 11 is 0. The SMILES string of the molecule is CC[C@H]1[C@@H](c2ccc(F)c(F)c2OC)[C@H](C(=O)Nc2ccnc(C(N)=O)c2)O[C@]1(C)C(F)(F)F. The summed E-state index contributed by atoms with van der Waals surface area (Å²) in [6.45, 7) is 2.28. The molecule has 1 fully saturated rings. The minimum absolute atomic E-state index is 0.0297. The summed E-state index contributed by atoms with van der Waals surface area (Å²) in [6, 6.07) is 4.27. The average molecular weight is 487 g/mol. The van der Waals surface area contributed by atoms with E-state index in [2.05, 4.69) is 10.3 Å². The molecule has 1 aromatic carbocycles. The van der Waals surface area contributed by atoms with E-state index in [1.54, 1.807) is 0 Å². The molecule has 0 aliphatic carbocycles. The Labute approximate surface area is 191 Å². The van der Waals surface area contributed by atoms with Crippen molar-refractivity contribution in [3.05, 3.63) is 53.4 Å². The molecule has 184 valence electrons. The standard InChI is InChI=1S/C22H22F5N3O4/c1-4-12-15(11-5-6-13(23)16(24)17(11)33-3)18(34-21(12,2)22(25,26)27)20(32)30-10-7-8-29-14(9-10)19(28)31/h5-9,12,15,18H,4H2,1-3H3,(H2,28,31)(H,29,30,32)/t12-,15+,18+,21-/m0/s1. The molecule has 1 saturated heterocycles. The lowest BCUT2D eigenvalue weighted by Crippen LogP contribution is -2.48. The topological polar surface area (TPSA) is 104 Å². The van der Waals surface area contributed by atoms with Gasteiger partial charge in [0.1, 0.15) is 11.8 Å². The number of alkyl halides is 3. The van der Waals surface area contributed by atoms with Gasteiger partial charge < -0.3 is 20.5 Å². The van der Waals surface area contributed by atoms with E-state index in [0.29, 0.717) is 0 Å². The Morgan fingerprint density at radius 3 is 2.50 bits per heavy atom. The summed E-state index contributed by atoms with van der Waals surface area (Å²) in [5.74, 6) is -7.84. The molecule has 7 nitrogen and oxygen atoms in total. The second-order valence-corrected chi connectivity index (χ2v) is 7.95. The number of anilines is 1. The minimum Gasteiger partial charge on any atom is -0.493 e. The lowest BCUT2D eigenvalue weighted by Gasteiger charge is -2.33. The second kappa shape index (κ2) is 9.16. The van der Waals surface area contributed by atoms with E-state index >= 15 is 0 Å². The van der Waals surface area contributed by atoms with E-state index in [9.17, 15) is 31.5 Å². The summed E-state index contributed by atoms with van der Waals surface area (Å²) < 4.78 is 80.9. The third-order valence-electron chi connectivity index (χ3n) is 6.02. The molecule has 34 heavy (non-hydrogen) atoms. The van der Waals surface area contributed by atoms with Crippen molar-refractivity contribution in [2.45, 2.75) is 44.1 Å². The van der Waals surface area contributed by atoms with Crippen LogP contribution in [-0.2, 0) is 9.53 Å². The largest absolute Gasteiger partial charge is 0.493 e. The molecule has 0 bridgehead atoms. The van der Waals surface area contributed by atoms with Crippen LogP contribution in [0.4, 0.5) is 27.6 Å². The van der Waals surface area contributed by atoms with E-state index < -0.39 is 58.9 Å². The lowest BCUT2D eigenvalue weighted by molar-refractivity contribution is -0.274. The number of carbonyl (C=O) groups is 2. The van der Waals surface area contributed by atoms with Crippen LogP contribution in [0.5, 0.6) is 5.75 Å². The fourth-order valence-electron chi connectivity index (χ4n) is 4.37. The van der Waals surface area contributed by atoms with Gasteiger partial charge in [-0.25, -0.2) is 4.39 Å². The van der Waals surface area contributed by atoms with Crippen molar-refractivity contribution in [2.75, 3.05) is 12.4 Å². The number of aromatic nitrogens is 1. The number of ether oxygens (including phenoxy) is 2. The van der Waals surface area contributed by atoms with Crippen LogP contribution in [-0.4, -0.2) is 41.8 Å². The van der Waals surface area contributed by atoms with Crippen LogP contribution in [0.1, 0.15) is 42.2 Å². The fourth-order valence-corrected chi connectivity index (χ4v) is 4.37. The number of benzene rings is 1. The van der Waals surface area contributed by atoms with Gasteiger partial charge in [-0.3, -0.25) is 14.6 Å². The Kier molecular flexibility index (Phi) is 6.83. The molecular weight excluding hydrogens is 465 g/mol. The van der Waals surface area contributed by atoms with Gasteiger partial charge in [0.2, 0.25) is 5.82 Å². The number of pyridine rings is 1. The molecule has 1 aromatic heterocycles. The third-order valence-corrected chi connectivity index (χ3v) is 6.02. The lowest BCUT2D eigenvalue weighted by atomic mass is 9.74. The van der Waals surface area contributed by atoms with Crippen molar-refractivity contribution in [1.29, 1.82) is 0 Å². The molecule has 4 atom stereocenters. The molecule has 3 N–H and O–H groups in total. The van der Waals surface area contributed by atoms with Crippen molar-refractivity contribution in [2.24, 2.45) is 11.7 Å². The first-order valence-corrected chi connectivity index (χ1v) is 10.2. The van der Waals surface area contributed by atoms with E-state index in [4.69, 9.17) is 15.2 Å². The number of halogens is 5. The number of nitrogens with one attached hydrogen (secondary N) is 1. The highest BCUT2D eigenvalue weighted by molar-refractivity contribution is 5.97. The summed E-state index contributed by atoms with van der Waals surface area (Å²) in [5.41, 5.74) is 2.09. The molecular formula is C22H22F5N3O4. The van der Waals surface area contributed by atoms with Gasteiger partial charge in [0.15, 0.2) is 17.2 Å². The smallest absolute Gasteiger partial charge is 0.417 e. The number of nitrogens with two attached hydrogens (primary N) is 1. The van der Waals surface area contributed by atoms with Crippen LogP contribution in [0.15, 0.2) is 30.5 Å². The van der Waals surface area contributed by atoms with Gasteiger partial charge in [0.05, 0.1) is 7.11 Å². The number of rotatable bonds is 6. The van der Waals surface area contributed by atoms with Crippen molar-refractivity contribution in [3.63, 3.8) is 0 Å². The van der Waals surface area contributed by atoms with Gasteiger partial charge in [0, 0.05) is 29.3 Å². The number of hydrogen-bond donors (Lipinski definition) is 2. The van der Waals surface area contributed by atoms with E-state index in [0.717, 1.165) is 32.2 Å². The van der Waals surface area contributed by atoms with Gasteiger partial charge >= 0.3 is 6.18 Å². The van der Waals surface area contributed by atoms with Crippen LogP contribution in [0.25, 0.3) is 0 Å². The van der Waals surface area contributed by atoms with Gasteiger partial charge in [0.25, 0.3) is 11.8 Å². The van der Waals surface area contributed by atoms with Crippen LogP contribution in [0.2, 0.25) is 0 Å². The molecule has 1 aliphatic rings. The quantitative estimate of drug-likeness (QED) is 0.601. The molecule has 0 unspecified atom stereocenters. The van der Waals surface area contributed by atoms with Gasteiger partial charge in [-0.15, -0.1) is 0 Å². The molecule has 0 radical (unpaired) electrons. The highest BCUT2D eigenvalue weighted by Crippen LogP contribution is 2.56.